The first-order chi connectivity index (χ1) is 9.49. The number of carbonyl (C=O) groups excluding carboxylic acids is 1. The van der Waals surface area contributed by atoms with Crippen molar-refractivity contribution in [2.24, 2.45) is 10.9 Å². The number of thioether (sulfide) groups is 1. The van der Waals surface area contributed by atoms with Crippen LogP contribution in [0.15, 0.2) is 4.99 Å². The van der Waals surface area contributed by atoms with E-state index in [-0.39, 0.29) is 17.5 Å². The second-order valence-corrected chi connectivity index (χ2v) is 7.52. The zero-order valence-electron chi connectivity index (χ0n) is 12.9. The minimum atomic E-state index is 0.0911. The molecular weight excluding hydrogens is 270 g/mol. The number of amides is 1. The number of hydrogen-bond donors (Lipinski definition) is 2. The molecule has 0 bridgehead atoms. The molecule has 2 atom stereocenters. The van der Waals surface area contributed by atoms with E-state index in [0.29, 0.717) is 13.0 Å². The van der Waals surface area contributed by atoms with Crippen molar-refractivity contribution >= 4 is 22.8 Å². The SMILES string of the molecule is CC1CCCC2(CSC(=NCCC(=O)NC(C)C)N2)C1. The van der Waals surface area contributed by atoms with E-state index in [1.165, 1.54) is 25.7 Å². The van der Waals surface area contributed by atoms with Crippen molar-refractivity contribution in [3.05, 3.63) is 0 Å². The van der Waals surface area contributed by atoms with Crippen LogP contribution in [-0.4, -0.2) is 35.0 Å². The van der Waals surface area contributed by atoms with Crippen LogP contribution in [0.5, 0.6) is 0 Å². The van der Waals surface area contributed by atoms with Crippen molar-refractivity contribution in [2.75, 3.05) is 12.3 Å². The molecule has 20 heavy (non-hydrogen) atoms. The van der Waals surface area contributed by atoms with E-state index in [2.05, 4.69) is 22.5 Å². The molecule has 2 aliphatic rings. The molecule has 2 fully saturated rings. The fourth-order valence-electron chi connectivity index (χ4n) is 3.15. The number of rotatable bonds is 4. The third-order valence-electron chi connectivity index (χ3n) is 3.99. The Morgan fingerprint density at radius 2 is 2.40 bits per heavy atom. The van der Waals surface area contributed by atoms with Crippen molar-refractivity contribution in [3.8, 4) is 0 Å². The quantitative estimate of drug-likeness (QED) is 0.838. The molecule has 1 saturated carbocycles. The molecule has 1 spiro atoms. The summed E-state index contributed by atoms with van der Waals surface area (Å²) in [6.45, 7) is 6.89. The van der Waals surface area contributed by atoms with E-state index in [1.54, 1.807) is 0 Å². The maximum atomic E-state index is 11.6. The van der Waals surface area contributed by atoms with Gasteiger partial charge in [0.05, 0.1) is 6.54 Å². The molecule has 2 N–H and O–H groups in total. The number of amidine groups is 1. The Labute approximate surface area is 126 Å². The van der Waals surface area contributed by atoms with Crippen molar-refractivity contribution in [2.45, 2.75) is 64.5 Å². The van der Waals surface area contributed by atoms with Gasteiger partial charge in [-0.1, -0.05) is 31.5 Å². The standard InChI is InChI=1S/C15H27N3OS/c1-11(2)17-13(19)6-8-16-14-18-15(10-20-14)7-4-5-12(3)9-15/h11-12H,4-10H2,1-3H3,(H,16,18)(H,17,19). The Hall–Kier alpha value is -0.710. The lowest BCUT2D eigenvalue weighted by molar-refractivity contribution is -0.121. The summed E-state index contributed by atoms with van der Waals surface area (Å²) in [7, 11) is 0. The molecule has 1 saturated heterocycles. The highest BCUT2D eigenvalue weighted by Crippen LogP contribution is 2.38. The molecule has 0 aromatic heterocycles. The molecule has 1 aliphatic carbocycles. The largest absolute Gasteiger partial charge is 0.359 e. The Bertz CT molecular complexity index is 383. The summed E-state index contributed by atoms with van der Waals surface area (Å²) in [5.74, 6) is 2.04. The van der Waals surface area contributed by atoms with Crippen LogP contribution in [0.4, 0.5) is 0 Å². The highest BCUT2D eigenvalue weighted by atomic mass is 32.2. The van der Waals surface area contributed by atoms with Gasteiger partial charge in [-0.3, -0.25) is 9.79 Å². The lowest BCUT2D eigenvalue weighted by atomic mass is 9.78. The highest BCUT2D eigenvalue weighted by Gasteiger charge is 2.40. The summed E-state index contributed by atoms with van der Waals surface area (Å²) in [6, 6.07) is 0.209. The van der Waals surface area contributed by atoms with Gasteiger partial charge >= 0.3 is 0 Å². The van der Waals surface area contributed by atoms with Crippen molar-refractivity contribution in [1.29, 1.82) is 0 Å². The van der Waals surface area contributed by atoms with Crippen molar-refractivity contribution < 1.29 is 4.79 Å². The molecule has 5 heteroatoms. The van der Waals surface area contributed by atoms with Gasteiger partial charge < -0.3 is 10.6 Å². The van der Waals surface area contributed by atoms with E-state index >= 15 is 0 Å². The monoisotopic (exact) mass is 297 g/mol. The van der Waals surface area contributed by atoms with Gasteiger partial charge in [0.2, 0.25) is 5.91 Å². The summed E-state index contributed by atoms with van der Waals surface area (Å²) in [5, 5.41) is 7.57. The smallest absolute Gasteiger partial charge is 0.222 e. The fourth-order valence-corrected chi connectivity index (χ4v) is 4.37. The Morgan fingerprint density at radius 1 is 1.60 bits per heavy atom. The fraction of sp³-hybridized carbons (Fsp3) is 0.867. The van der Waals surface area contributed by atoms with Crippen LogP contribution in [-0.2, 0) is 4.79 Å². The van der Waals surface area contributed by atoms with Gasteiger partial charge in [0.1, 0.15) is 0 Å². The molecule has 0 radical (unpaired) electrons. The van der Waals surface area contributed by atoms with Gasteiger partial charge in [0.25, 0.3) is 0 Å². The summed E-state index contributed by atoms with van der Waals surface area (Å²) >= 11 is 1.82. The summed E-state index contributed by atoms with van der Waals surface area (Å²) < 4.78 is 0. The second-order valence-electron chi connectivity index (χ2n) is 6.55. The van der Waals surface area contributed by atoms with Crippen LogP contribution in [0.2, 0.25) is 0 Å². The number of hydrogen-bond acceptors (Lipinski definition) is 3. The van der Waals surface area contributed by atoms with Gasteiger partial charge in [0.15, 0.2) is 5.17 Å². The predicted molar refractivity (Wildman–Crippen MR) is 86.2 cm³/mol. The molecule has 114 valence electrons. The second kappa shape index (κ2) is 6.83. The molecule has 2 unspecified atom stereocenters. The van der Waals surface area contributed by atoms with Gasteiger partial charge in [-0.2, -0.15) is 0 Å². The minimum absolute atomic E-state index is 0.0911. The zero-order valence-corrected chi connectivity index (χ0v) is 13.7. The van der Waals surface area contributed by atoms with Crippen LogP contribution >= 0.6 is 11.8 Å². The molecule has 1 aliphatic heterocycles. The van der Waals surface area contributed by atoms with Crippen LogP contribution < -0.4 is 10.6 Å². The van der Waals surface area contributed by atoms with Gasteiger partial charge in [-0.25, -0.2) is 0 Å². The van der Waals surface area contributed by atoms with Crippen molar-refractivity contribution in [3.63, 3.8) is 0 Å². The Morgan fingerprint density at radius 3 is 3.10 bits per heavy atom. The van der Waals surface area contributed by atoms with Crippen LogP contribution in [0.1, 0.15) is 52.9 Å². The van der Waals surface area contributed by atoms with Gasteiger partial charge in [-0.15, -0.1) is 0 Å². The predicted octanol–water partition coefficient (Wildman–Crippen LogP) is 2.54. The third kappa shape index (κ3) is 4.40. The van der Waals surface area contributed by atoms with Gasteiger partial charge in [0, 0.05) is 23.8 Å². The number of aliphatic imine (C=N–C) groups is 1. The molecule has 1 amide bonds. The summed E-state index contributed by atoms with van der Waals surface area (Å²) in [6.07, 6.45) is 5.67. The lowest BCUT2D eigenvalue weighted by Crippen LogP contribution is -2.47. The van der Waals surface area contributed by atoms with E-state index in [0.717, 1.165) is 16.8 Å². The number of nitrogens with one attached hydrogen (secondary N) is 2. The zero-order chi connectivity index (χ0) is 14.6. The molecule has 2 rings (SSSR count). The van der Waals surface area contributed by atoms with Crippen molar-refractivity contribution in [1.82, 2.24) is 10.6 Å². The molecule has 0 aromatic carbocycles. The normalized spacial score (nSPS) is 31.8. The van der Waals surface area contributed by atoms with Crippen LogP contribution in [0.3, 0.4) is 0 Å². The molecule has 0 aromatic rings. The highest BCUT2D eigenvalue weighted by molar-refractivity contribution is 8.14. The van der Waals surface area contributed by atoms with E-state index in [1.807, 2.05) is 25.6 Å². The minimum Gasteiger partial charge on any atom is -0.359 e. The number of carbonyl (C=O) groups is 1. The first kappa shape index (κ1) is 15.7. The van der Waals surface area contributed by atoms with E-state index < -0.39 is 0 Å². The van der Waals surface area contributed by atoms with E-state index in [4.69, 9.17) is 0 Å². The molecule has 1 heterocycles. The van der Waals surface area contributed by atoms with Gasteiger partial charge in [-0.05, 0) is 32.6 Å². The maximum Gasteiger partial charge on any atom is 0.222 e. The maximum absolute atomic E-state index is 11.6. The molecule has 4 nitrogen and oxygen atoms in total. The summed E-state index contributed by atoms with van der Waals surface area (Å²) in [5.41, 5.74) is 0.279. The Kier molecular flexibility index (Phi) is 5.35. The average molecular weight is 297 g/mol. The topological polar surface area (TPSA) is 53.5 Å². The Balaban J connectivity index is 1.77. The number of nitrogens with zero attached hydrogens (tertiary/aromatic N) is 1. The summed E-state index contributed by atoms with van der Waals surface area (Å²) in [4.78, 5) is 16.1. The van der Waals surface area contributed by atoms with Crippen LogP contribution in [0, 0.1) is 5.92 Å². The third-order valence-corrected chi connectivity index (χ3v) is 5.19. The molecular formula is C15H27N3OS. The average Bonchev–Trinajstić information content (AvgIpc) is 2.71. The first-order valence-corrected chi connectivity index (χ1v) is 8.72. The van der Waals surface area contributed by atoms with E-state index in [9.17, 15) is 4.79 Å². The first-order valence-electron chi connectivity index (χ1n) is 7.74. The van der Waals surface area contributed by atoms with Crippen LogP contribution in [0.25, 0.3) is 0 Å². The lowest BCUT2D eigenvalue weighted by Gasteiger charge is -2.36.